The lowest BCUT2D eigenvalue weighted by molar-refractivity contribution is -0.119. The third-order valence-electron chi connectivity index (χ3n) is 11.5. The molecule has 14 heteroatoms. The second-order valence-electron chi connectivity index (χ2n) is 16.6. The number of carboxylic acids is 1. The molecular formula is C55H51ClN8O5. The van der Waals surface area contributed by atoms with Crippen molar-refractivity contribution in [3.63, 3.8) is 0 Å². The SMILES string of the molecule is CN(C)c1ccc(C(=O)O)c2ccccc12.CN(C)c1ccc(N=C=O)c2ccccc12.CN(C)c1ccc(NC(=O)NC2N=C(c3ccccc3)c3cc(Cl)ccc3N(C)C2=O)c2ccccc12. The van der Waals surface area contributed by atoms with Crippen LogP contribution in [0.15, 0.2) is 168 Å². The number of likely N-dealkylation sites (N-methyl/N-ethyl adjacent to an activating group) is 1. The van der Waals surface area contributed by atoms with Crippen LogP contribution in [-0.4, -0.2) is 90.3 Å². The zero-order valence-electron chi connectivity index (χ0n) is 39.2. The number of fused-ring (bicyclic) bond motifs is 4. The topological polar surface area (TPSA) is 150 Å². The highest BCUT2D eigenvalue weighted by atomic mass is 35.5. The van der Waals surface area contributed by atoms with E-state index in [9.17, 15) is 19.2 Å². The van der Waals surface area contributed by atoms with Crippen LogP contribution in [0.5, 0.6) is 0 Å². The van der Waals surface area contributed by atoms with Crippen molar-refractivity contribution in [2.75, 3.05) is 74.3 Å². The number of hydrogen-bond acceptors (Lipinski definition) is 9. The Balaban J connectivity index is 0.000000180. The Kier molecular flexibility index (Phi) is 15.0. The fraction of sp³-hybridized carbons (Fsp3) is 0.145. The number of nitrogens with one attached hydrogen (secondary N) is 2. The fourth-order valence-corrected chi connectivity index (χ4v) is 8.37. The summed E-state index contributed by atoms with van der Waals surface area (Å²) in [6.07, 6.45) is 0.446. The lowest BCUT2D eigenvalue weighted by Crippen LogP contribution is -2.47. The molecule has 0 saturated heterocycles. The number of rotatable bonds is 8. The predicted octanol–water partition coefficient (Wildman–Crippen LogP) is 11.0. The first-order valence-electron chi connectivity index (χ1n) is 21.8. The van der Waals surface area contributed by atoms with Crippen LogP contribution >= 0.6 is 11.6 Å². The van der Waals surface area contributed by atoms with Gasteiger partial charge in [0.05, 0.1) is 28.3 Å². The maximum Gasteiger partial charge on any atom is 0.336 e. The van der Waals surface area contributed by atoms with Crippen LogP contribution in [0.4, 0.5) is 38.9 Å². The van der Waals surface area contributed by atoms with E-state index in [4.69, 9.17) is 21.7 Å². The van der Waals surface area contributed by atoms with Crippen LogP contribution in [0.1, 0.15) is 21.5 Å². The van der Waals surface area contributed by atoms with E-state index in [0.717, 1.165) is 54.9 Å². The zero-order chi connectivity index (χ0) is 49.4. The van der Waals surface area contributed by atoms with Crippen LogP contribution in [0.25, 0.3) is 32.3 Å². The Bertz CT molecular complexity index is 3210. The molecular weight excluding hydrogens is 888 g/mol. The maximum atomic E-state index is 13.4. The highest BCUT2D eigenvalue weighted by Gasteiger charge is 2.31. The molecule has 9 rings (SSSR count). The van der Waals surface area contributed by atoms with Crippen LogP contribution in [0.2, 0.25) is 5.02 Å². The first kappa shape index (κ1) is 48.4. The molecule has 0 saturated carbocycles. The Hall–Kier alpha value is -8.51. The monoisotopic (exact) mass is 938 g/mol. The average molecular weight is 940 g/mol. The number of benzene rings is 8. The van der Waals surface area contributed by atoms with Gasteiger partial charge in [-0.3, -0.25) is 4.79 Å². The fourth-order valence-electron chi connectivity index (χ4n) is 8.19. The van der Waals surface area contributed by atoms with E-state index in [1.807, 2.05) is 190 Å². The van der Waals surface area contributed by atoms with Gasteiger partial charge in [0.15, 0.2) is 0 Å². The molecule has 1 atom stereocenters. The molecule has 0 spiro atoms. The quantitative estimate of drug-likeness (QED) is 0.101. The van der Waals surface area contributed by atoms with Gasteiger partial charge in [-0.1, -0.05) is 115 Å². The Morgan fingerprint density at radius 2 is 1.16 bits per heavy atom. The number of nitrogens with zero attached hydrogens (tertiary/aromatic N) is 6. The number of carbonyl (C=O) groups excluding carboxylic acids is 3. The molecule has 13 nitrogen and oxygen atoms in total. The van der Waals surface area contributed by atoms with Gasteiger partial charge in [-0.15, -0.1) is 0 Å². The van der Waals surface area contributed by atoms with Gasteiger partial charge >= 0.3 is 12.0 Å². The standard InChI is InChI=1S/C29H26ClN5O2.C13H12N2O.C13H13NO2/c1-34(2)24-16-14-23(20-11-7-8-12-21(20)24)31-29(37)33-27-28(36)35(3)25-15-13-19(30)17-22(25)26(32-27)18-9-5-4-6-10-18;1-15(2)13-8-7-12(14-9-16)10-5-3-4-6-11(10)13;1-14(2)12-8-7-11(13(15)16)9-5-3-4-6-10(9)12/h4-17,27H,1-3H3,(H2,31,33,37);3-8H,1-2H3;3-8H,1-2H3,(H,15,16). The van der Waals surface area contributed by atoms with Gasteiger partial charge in [0, 0.05) is 109 Å². The lowest BCUT2D eigenvalue weighted by atomic mass is 10.0. The molecule has 0 radical (unpaired) electrons. The number of isocyanates is 1. The molecule has 0 bridgehead atoms. The number of amides is 3. The highest BCUT2D eigenvalue weighted by Crippen LogP contribution is 2.35. The van der Waals surface area contributed by atoms with E-state index in [-0.39, 0.29) is 5.91 Å². The lowest BCUT2D eigenvalue weighted by Gasteiger charge is -2.21. The van der Waals surface area contributed by atoms with E-state index in [1.54, 1.807) is 37.4 Å². The summed E-state index contributed by atoms with van der Waals surface area (Å²) in [4.78, 5) is 64.0. The van der Waals surface area contributed by atoms with Gasteiger partial charge in [-0.2, -0.15) is 4.99 Å². The van der Waals surface area contributed by atoms with E-state index in [2.05, 4.69) is 15.6 Å². The van der Waals surface area contributed by atoms with Crippen molar-refractivity contribution in [1.82, 2.24) is 5.32 Å². The molecule has 348 valence electrons. The number of urea groups is 1. The third-order valence-corrected chi connectivity index (χ3v) is 11.7. The second-order valence-corrected chi connectivity index (χ2v) is 17.0. The van der Waals surface area contributed by atoms with Crippen molar-refractivity contribution < 1.29 is 24.3 Å². The molecule has 8 aromatic carbocycles. The number of halogens is 1. The minimum atomic E-state index is -1.14. The smallest absolute Gasteiger partial charge is 0.336 e. The van der Waals surface area contributed by atoms with E-state index >= 15 is 0 Å². The number of benzodiazepines with no additional fused rings is 1. The number of carbonyl (C=O) groups is 3. The third kappa shape index (κ3) is 10.7. The van der Waals surface area contributed by atoms with Crippen molar-refractivity contribution in [2.45, 2.75) is 6.17 Å². The summed E-state index contributed by atoms with van der Waals surface area (Å²) in [7, 11) is 13.5. The van der Waals surface area contributed by atoms with Crippen molar-refractivity contribution in [2.24, 2.45) is 9.98 Å². The van der Waals surface area contributed by atoms with Crippen LogP contribution in [-0.2, 0) is 9.59 Å². The molecule has 8 aromatic rings. The zero-order valence-corrected chi connectivity index (χ0v) is 40.0. The molecule has 0 aliphatic carbocycles. The van der Waals surface area contributed by atoms with Gasteiger partial charge < -0.3 is 35.3 Å². The minimum absolute atomic E-state index is 0.348. The summed E-state index contributed by atoms with van der Waals surface area (Å²) in [6, 6.07) is 48.7. The summed E-state index contributed by atoms with van der Waals surface area (Å²) >= 11 is 6.31. The van der Waals surface area contributed by atoms with Gasteiger partial charge in [-0.05, 0) is 60.0 Å². The van der Waals surface area contributed by atoms with Crippen LogP contribution in [0.3, 0.4) is 0 Å². The number of carboxylic acid groups (broad SMARTS) is 1. The van der Waals surface area contributed by atoms with Gasteiger partial charge in [-0.25, -0.2) is 19.4 Å². The molecule has 1 unspecified atom stereocenters. The molecule has 1 heterocycles. The molecule has 69 heavy (non-hydrogen) atoms. The largest absolute Gasteiger partial charge is 0.478 e. The first-order chi connectivity index (χ1) is 33.2. The summed E-state index contributed by atoms with van der Waals surface area (Å²) < 4.78 is 0. The predicted molar refractivity (Wildman–Crippen MR) is 282 cm³/mol. The molecule has 1 aliphatic rings. The number of aromatic carboxylic acids is 1. The number of anilines is 5. The van der Waals surface area contributed by atoms with Crippen molar-refractivity contribution >= 4 is 108 Å². The summed E-state index contributed by atoms with van der Waals surface area (Å²) in [5, 5.41) is 21.0. The first-order valence-corrected chi connectivity index (χ1v) is 22.2. The van der Waals surface area contributed by atoms with E-state index in [0.29, 0.717) is 38.9 Å². The minimum Gasteiger partial charge on any atom is -0.478 e. The molecule has 1 aliphatic heterocycles. The molecule has 3 N–H and O–H groups in total. The van der Waals surface area contributed by atoms with Gasteiger partial charge in [0.2, 0.25) is 12.2 Å². The Morgan fingerprint density at radius 3 is 1.74 bits per heavy atom. The molecule has 0 fully saturated rings. The summed E-state index contributed by atoms with van der Waals surface area (Å²) in [5.74, 6) is -1.25. The van der Waals surface area contributed by atoms with E-state index in [1.165, 1.54) is 4.90 Å². The van der Waals surface area contributed by atoms with Crippen molar-refractivity contribution in [1.29, 1.82) is 0 Å². The summed E-state index contributed by atoms with van der Waals surface area (Å²) in [5.41, 5.74) is 7.58. The normalized spacial score (nSPS) is 12.8. The molecule has 0 aromatic heterocycles. The summed E-state index contributed by atoms with van der Waals surface area (Å²) in [6.45, 7) is 0. The van der Waals surface area contributed by atoms with Crippen molar-refractivity contribution in [3.8, 4) is 0 Å². The van der Waals surface area contributed by atoms with Gasteiger partial charge in [0.25, 0.3) is 5.91 Å². The van der Waals surface area contributed by atoms with Gasteiger partial charge in [0.1, 0.15) is 0 Å². The average Bonchev–Trinajstić information content (AvgIpc) is 3.44. The Labute approximate surface area is 405 Å². The molecule has 3 amide bonds. The van der Waals surface area contributed by atoms with Crippen molar-refractivity contribution in [3.05, 3.63) is 179 Å². The van der Waals surface area contributed by atoms with Crippen LogP contribution < -0.4 is 30.2 Å². The highest BCUT2D eigenvalue weighted by molar-refractivity contribution is 6.32. The maximum absolute atomic E-state index is 13.4. The Morgan fingerprint density at radius 1 is 0.652 bits per heavy atom. The van der Waals surface area contributed by atoms with E-state index < -0.39 is 18.2 Å². The number of hydrogen-bond donors (Lipinski definition) is 3. The second kappa shape index (κ2) is 21.4. The number of aliphatic imine (C=N–C) groups is 2. The van der Waals surface area contributed by atoms with Crippen LogP contribution in [0, 0.1) is 0 Å².